The highest BCUT2D eigenvalue weighted by atomic mass is 35.5. The van der Waals surface area contributed by atoms with E-state index in [4.69, 9.17) is 21.1 Å². The molecular formula is C22H21ClN2O4. The highest BCUT2D eigenvalue weighted by Crippen LogP contribution is 2.24. The number of Topliss-reactive ketones (excluding diaryl/α,β-unsaturated/α-hetero) is 1. The quantitative estimate of drug-likeness (QED) is 0.431. The second kappa shape index (κ2) is 8.92. The van der Waals surface area contributed by atoms with Crippen LogP contribution in [-0.4, -0.2) is 35.0 Å². The number of ether oxygens (including phenoxy) is 2. The number of nitrogens with zero attached hydrogens (tertiary/aromatic N) is 2. The van der Waals surface area contributed by atoms with Crippen LogP contribution in [0.3, 0.4) is 0 Å². The van der Waals surface area contributed by atoms with E-state index in [1.165, 1.54) is 7.11 Å². The number of aryl methyl sites for hydroxylation is 1. The molecule has 0 atom stereocenters. The van der Waals surface area contributed by atoms with E-state index >= 15 is 0 Å². The van der Waals surface area contributed by atoms with Gasteiger partial charge in [-0.25, -0.2) is 4.98 Å². The van der Waals surface area contributed by atoms with Crippen LogP contribution in [0.1, 0.15) is 27.3 Å². The van der Waals surface area contributed by atoms with Crippen LogP contribution in [-0.2, 0) is 16.0 Å². The Bertz CT molecular complexity index is 1040. The minimum atomic E-state index is -0.530. The molecule has 3 rings (SSSR count). The lowest BCUT2D eigenvalue weighted by molar-refractivity contribution is -0.141. The van der Waals surface area contributed by atoms with Crippen LogP contribution in [0.4, 0.5) is 0 Å². The Balaban J connectivity index is 1.69. The SMILES string of the molecule is COc1ccc(Cl)cc1CC(=O)OCC(=O)c1cc(C)n(-c2ccccn2)c1C. The largest absolute Gasteiger partial charge is 0.496 e. The summed E-state index contributed by atoms with van der Waals surface area (Å²) < 4.78 is 12.3. The van der Waals surface area contributed by atoms with E-state index in [1.807, 2.05) is 36.6 Å². The molecule has 0 radical (unpaired) electrons. The summed E-state index contributed by atoms with van der Waals surface area (Å²) in [4.78, 5) is 29.2. The number of esters is 1. The molecular weight excluding hydrogens is 392 g/mol. The van der Waals surface area contributed by atoms with Gasteiger partial charge in [-0.15, -0.1) is 0 Å². The molecule has 0 saturated heterocycles. The van der Waals surface area contributed by atoms with Gasteiger partial charge in [0.25, 0.3) is 0 Å². The topological polar surface area (TPSA) is 70.4 Å². The molecule has 0 unspecified atom stereocenters. The van der Waals surface area contributed by atoms with Crippen LogP contribution >= 0.6 is 11.6 Å². The van der Waals surface area contributed by atoms with Gasteiger partial charge in [0.2, 0.25) is 5.78 Å². The number of methoxy groups -OCH3 is 1. The van der Waals surface area contributed by atoms with Gasteiger partial charge in [0, 0.05) is 33.7 Å². The van der Waals surface area contributed by atoms with Crippen molar-refractivity contribution in [2.24, 2.45) is 0 Å². The van der Waals surface area contributed by atoms with Gasteiger partial charge < -0.3 is 14.0 Å². The van der Waals surface area contributed by atoms with Crippen LogP contribution in [0.2, 0.25) is 5.02 Å². The van der Waals surface area contributed by atoms with Crippen molar-refractivity contribution in [2.75, 3.05) is 13.7 Å². The Hall–Kier alpha value is -3.12. The highest BCUT2D eigenvalue weighted by Gasteiger charge is 2.19. The van der Waals surface area contributed by atoms with Gasteiger partial charge in [-0.05, 0) is 50.2 Å². The number of ketones is 1. The number of carbonyl (C=O) groups excluding carboxylic acids is 2. The highest BCUT2D eigenvalue weighted by molar-refractivity contribution is 6.30. The molecule has 7 heteroatoms. The number of benzene rings is 1. The fourth-order valence-corrected chi connectivity index (χ4v) is 3.39. The average molecular weight is 413 g/mol. The third-order valence-electron chi connectivity index (χ3n) is 4.55. The van der Waals surface area contributed by atoms with Crippen molar-refractivity contribution in [1.82, 2.24) is 9.55 Å². The van der Waals surface area contributed by atoms with Gasteiger partial charge in [-0.2, -0.15) is 0 Å². The second-order valence-corrected chi connectivity index (χ2v) is 6.96. The van der Waals surface area contributed by atoms with Crippen molar-refractivity contribution < 1.29 is 19.1 Å². The zero-order valence-corrected chi connectivity index (χ0v) is 17.2. The molecule has 2 aromatic heterocycles. The number of aromatic nitrogens is 2. The van der Waals surface area contributed by atoms with Gasteiger partial charge in [-0.3, -0.25) is 9.59 Å². The minimum Gasteiger partial charge on any atom is -0.496 e. The normalized spacial score (nSPS) is 10.6. The van der Waals surface area contributed by atoms with Crippen molar-refractivity contribution >= 4 is 23.4 Å². The van der Waals surface area contributed by atoms with E-state index in [0.29, 0.717) is 21.9 Å². The van der Waals surface area contributed by atoms with E-state index in [-0.39, 0.29) is 18.8 Å². The van der Waals surface area contributed by atoms with Crippen LogP contribution in [0.15, 0.2) is 48.7 Å². The summed E-state index contributed by atoms with van der Waals surface area (Å²) in [6.45, 7) is 3.40. The predicted molar refractivity (Wildman–Crippen MR) is 110 cm³/mol. The Morgan fingerprint density at radius 1 is 1.14 bits per heavy atom. The van der Waals surface area contributed by atoms with Crippen LogP contribution in [0.25, 0.3) is 5.82 Å². The summed E-state index contributed by atoms with van der Waals surface area (Å²) in [5.41, 5.74) is 2.73. The number of hydrogen-bond acceptors (Lipinski definition) is 5. The first-order valence-corrected chi connectivity index (χ1v) is 9.40. The fourth-order valence-electron chi connectivity index (χ4n) is 3.20. The summed E-state index contributed by atoms with van der Waals surface area (Å²) in [5, 5.41) is 0.492. The van der Waals surface area contributed by atoms with Crippen molar-refractivity contribution in [3.05, 3.63) is 76.2 Å². The van der Waals surface area contributed by atoms with Crippen molar-refractivity contribution in [3.63, 3.8) is 0 Å². The summed E-state index contributed by atoms with van der Waals surface area (Å²) in [6.07, 6.45) is 1.66. The molecule has 0 bridgehead atoms. The van der Waals surface area contributed by atoms with Gasteiger partial charge in [0.15, 0.2) is 6.61 Å². The lowest BCUT2D eigenvalue weighted by Crippen LogP contribution is -2.16. The van der Waals surface area contributed by atoms with Gasteiger partial charge in [0.05, 0.1) is 13.5 Å². The zero-order chi connectivity index (χ0) is 21.0. The monoisotopic (exact) mass is 412 g/mol. The molecule has 150 valence electrons. The maximum Gasteiger partial charge on any atom is 0.310 e. The number of carbonyl (C=O) groups is 2. The molecule has 6 nitrogen and oxygen atoms in total. The predicted octanol–water partition coefficient (Wildman–Crippen LogP) is 4.12. The smallest absolute Gasteiger partial charge is 0.310 e. The number of hydrogen-bond donors (Lipinski definition) is 0. The zero-order valence-electron chi connectivity index (χ0n) is 16.4. The molecule has 0 N–H and O–H groups in total. The Labute approximate surface area is 174 Å². The van der Waals surface area contributed by atoms with Crippen molar-refractivity contribution in [1.29, 1.82) is 0 Å². The van der Waals surface area contributed by atoms with E-state index in [0.717, 1.165) is 17.2 Å². The standard InChI is InChI=1S/C22H21ClN2O4/c1-14-10-18(15(2)25(14)21-6-4-5-9-24-21)19(26)13-29-22(27)12-16-11-17(23)7-8-20(16)28-3/h4-11H,12-13H2,1-3H3. The van der Waals surface area contributed by atoms with Gasteiger partial charge in [0.1, 0.15) is 11.6 Å². The van der Waals surface area contributed by atoms with E-state index < -0.39 is 5.97 Å². The van der Waals surface area contributed by atoms with Gasteiger partial charge in [-0.1, -0.05) is 17.7 Å². The molecule has 2 heterocycles. The molecule has 29 heavy (non-hydrogen) atoms. The Kier molecular flexibility index (Phi) is 6.34. The Morgan fingerprint density at radius 3 is 2.62 bits per heavy atom. The molecule has 0 aliphatic rings. The first-order chi connectivity index (χ1) is 13.9. The average Bonchev–Trinajstić information content (AvgIpc) is 3.01. The van der Waals surface area contributed by atoms with E-state index in [1.54, 1.807) is 30.5 Å². The van der Waals surface area contributed by atoms with Crippen molar-refractivity contribution in [2.45, 2.75) is 20.3 Å². The van der Waals surface area contributed by atoms with E-state index in [2.05, 4.69) is 4.98 Å². The third kappa shape index (κ3) is 4.66. The van der Waals surface area contributed by atoms with E-state index in [9.17, 15) is 9.59 Å². The number of pyridine rings is 1. The maximum atomic E-state index is 12.6. The summed E-state index contributed by atoms with van der Waals surface area (Å²) in [5.74, 6) is 0.465. The second-order valence-electron chi connectivity index (χ2n) is 6.52. The summed E-state index contributed by atoms with van der Waals surface area (Å²) in [7, 11) is 1.51. The first-order valence-electron chi connectivity index (χ1n) is 9.02. The molecule has 0 fully saturated rings. The maximum absolute atomic E-state index is 12.6. The molecule has 0 saturated carbocycles. The van der Waals surface area contributed by atoms with Crippen LogP contribution in [0.5, 0.6) is 5.75 Å². The number of halogens is 1. The minimum absolute atomic E-state index is 0.0377. The van der Waals surface area contributed by atoms with Crippen molar-refractivity contribution in [3.8, 4) is 11.6 Å². The number of rotatable bonds is 7. The van der Waals surface area contributed by atoms with Gasteiger partial charge >= 0.3 is 5.97 Å². The lowest BCUT2D eigenvalue weighted by atomic mass is 10.1. The van der Waals surface area contributed by atoms with Crippen LogP contribution < -0.4 is 4.74 Å². The molecule has 3 aromatic rings. The Morgan fingerprint density at radius 2 is 1.93 bits per heavy atom. The fraction of sp³-hybridized carbons (Fsp3) is 0.227. The summed E-state index contributed by atoms with van der Waals surface area (Å²) in [6, 6.07) is 12.4. The first kappa shape index (κ1) is 20.6. The lowest BCUT2D eigenvalue weighted by Gasteiger charge is -2.10. The summed E-state index contributed by atoms with van der Waals surface area (Å²) >= 11 is 5.98. The van der Waals surface area contributed by atoms with Crippen LogP contribution in [0, 0.1) is 13.8 Å². The molecule has 0 amide bonds. The molecule has 0 aliphatic carbocycles. The molecule has 0 spiro atoms. The third-order valence-corrected chi connectivity index (χ3v) is 4.79. The molecule has 0 aliphatic heterocycles. The molecule has 1 aromatic carbocycles.